The summed E-state index contributed by atoms with van der Waals surface area (Å²) in [5.74, 6) is 0.967. The van der Waals surface area contributed by atoms with E-state index in [1.54, 1.807) is 3.93 Å². The van der Waals surface area contributed by atoms with Crippen molar-refractivity contribution in [3.8, 4) is 0 Å². The van der Waals surface area contributed by atoms with E-state index in [0.717, 1.165) is 38.1 Å². The Hall–Kier alpha value is 0.895. The summed E-state index contributed by atoms with van der Waals surface area (Å²) in [4.78, 5) is 0. The van der Waals surface area contributed by atoms with E-state index in [-0.39, 0.29) is 0 Å². The standard InChI is InChI=1S/C10H20N.C3H8.Hg/c1-3-4-5-6-7-11-10-8-9(10)2;1-3-2;/h9-11H,1,3-8H2,2H3;3H2,1-2H3;. The fraction of sp³-hybridized carbons (Fsp3) is 1.00. The van der Waals surface area contributed by atoms with E-state index in [2.05, 4.69) is 26.1 Å². The van der Waals surface area contributed by atoms with Crippen LogP contribution in [0.3, 0.4) is 0 Å². The Morgan fingerprint density at radius 3 is 2.13 bits per heavy atom. The molecule has 0 heterocycles. The van der Waals surface area contributed by atoms with Gasteiger partial charge >= 0.3 is 92.9 Å². The Morgan fingerprint density at radius 1 is 1.13 bits per heavy atom. The minimum Gasteiger partial charge on any atom is -0.0656 e. The van der Waals surface area contributed by atoms with Crippen LogP contribution < -0.4 is 5.32 Å². The maximum Gasteiger partial charge on any atom is -0.0590 e. The van der Waals surface area contributed by atoms with Gasteiger partial charge in [0.1, 0.15) is 0 Å². The van der Waals surface area contributed by atoms with E-state index in [1.807, 2.05) is 0 Å². The minimum absolute atomic E-state index is 0.881. The molecule has 1 rings (SSSR count). The van der Waals surface area contributed by atoms with Crippen LogP contribution in [0.2, 0.25) is 3.93 Å². The molecule has 0 spiro atoms. The van der Waals surface area contributed by atoms with Gasteiger partial charge in [-0.25, -0.2) is 0 Å². The zero-order chi connectivity index (χ0) is 11.5. The summed E-state index contributed by atoms with van der Waals surface area (Å²) in [6.07, 6.45) is 8.50. The van der Waals surface area contributed by atoms with Crippen LogP contribution in [0.15, 0.2) is 0 Å². The second kappa shape index (κ2) is 11.4. The van der Waals surface area contributed by atoms with Crippen molar-refractivity contribution in [2.24, 2.45) is 5.92 Å². The van der Waals surface area contributed by atoms with Crippen LogP contribution in [0.4, 0.5) is 0 Å². The molecule has 1 saturated carbocycles. The summed E-state index contributed by atoms with van der Waals surface area (Å²) in [5.41, 5.74) is 0. The van der Waals surface area contributed by atoms with Gasteiger partial charge in [0.05, 0.1) is 0 Å². The van der Waals surface area contributed by atoms with Crippen molar-refractivity contribution in [2.75, 3.05) is 6.54 Å². The van der Waals surface area contributed by atoms with Gasteiger partial charge in [-0.05, 0) is 0 Å². The van der Waals surface area contributed by atoms with E-state index in [1.165, 1.54) is 45.1 Å². The van der Waals surface area contributed by atoms with Gasteiger partial charge in [0.15, 0.2) is 0 Å². The summed E-state index contributed by atoms with van der Waals surface area (Å²) in [5, 5.41) is 3.60. The average Bonchev–Trinajstić information content (AvgIpc) is 2.89. The third kappa shape index (κ3) is 11.2. The van der Waals surface area contributed by atoms with Crippen LogP contribution in [-0.2, 0) is 26.1 Å². The normalized spacial score (nSPS) is 23.3. The molecule has 2 heteroatoms. The van der Waals surface area contributed by atoms with Gasteiger partial charge in [-0.3, -0.25) is 0 Å². The molecule has 1 aliphatic rings. The summed E-state index contributed by atoms with van der Waals surface area (Å²) in [6, 6.07) is 0.881. The molecule has 0 bridgehead atoms. The second-order valence-electron chi connectivity index (χ2n) is 4.75. The van der Waals surface area contributed by atoms with Crippen molar-refractivity contribution in [2.45, 2.75) is 69.3 Å². The molecule has 0 radical (unpaired) electrons. The SMILES string of the molecule is CC1CC1NCCCCC[CH2][Hg].CCC. The molecule has 2 atom stereocenters. The van der Waals surface area contributed by atoms with Crippen molar-refractivity contribution < 1.29 is 26.1 Å². The fourth-order valence-electron chi connectivity index (χ4n) is 1.55. The van der Waals surface area contributed by atoms with Gasteiger partial charge in [0.2, 0.25) is 0 Å². The zero-order valence-corrected chi connectivity index (χ0v) is 16.5. The topological polar surface area (TPSA) is 12.0 Å². The van der Waals surface area contributed by atoms with E-state index < -0.39 is 0 Å². The molecular weight excluding hydrogens is 371 g/mol. The molecular formula is C13H28HgN. The summed E-state index contributed by atoms with van der Waals surface area (Å²) < 4.78 is 1.55. The van der Waals surface area contributed by atoms with E-state index in [9.17, 15) is 0 Å². The van der Waals surface area contributed by atoms with Gasteiger partial charge in [-0.1, -0.05) is 20.3 Å². The largest absolute Gasteiger partial charge is 0.0656 e. The summed E-state index contributed by atoms with van der Waals surface area (Å²) in [7, 11) is 0. The van der Waals surface area contributed by atoms with Crippen LogP contribution >= 0.6 is 0 Å². The first-order valence-corrected chi connectivity index (χ1v) is 10.7. The number of hydrogen-bond donors (Lipinski definition) is 1. The van der Waals surface area contributed by atoms with Crippen molar-refractivity contribution in [3.63, 3.8) is 0 Å². The third-order valence-electron chi connectivity index (χ3n) is 2.69. The van der Waals surface area contributed by atoms with Crippen molar-refractivity contribution in [3.05, 3.63) is 0 Å². The van der Waals surface area contributed by atoms with E-state index in [4.69, 9.17) is 0 Å². The first-order chi connectivity index (χ1) is 7.26. The Labute approximate surface area is 113 Å². The maximum atomic E-state index is 3.60. The monoisotopic (exact) mass is 400 g/mol. The molecule has 1 nitrogen and oxygen atoms in total. The van der Waals surface area contributed by atoms with Crippen LogP contribution in [-0.4, -0.2) is 12.6 Å². The first-order valence-electron chi connectivity index (χ1n) is 6.78. The molecule has 87 valence electrons. The predicted octanol–water partition coefficient (Wildman–Crippen LogP) is 3.93. The fourth-order valence-corrected chi connectivity index (χ4v) is 2.92. The maximum absolute atomic E-state index is 3.60. The van der Waals surface area contributed by atoms with Gasteiger partial charge in [-0.15, -0.1) is 0 Å². The Balaban J connectivity index is 0.000000583. The molecule has 0 aromatic carbocycles. The Morgan fingerprint density at radius 2 is 1.67 bits per heavy atom. The van der Waals surface area contributed by atoms with Crippen molar-refractivity contribution in [1.29, 1.82) is 0 Å². The van der Waals surface area contributed by atoms with Gasteiger partial charge < -0.3 is 0 Å². The predicted molar refractivity (Wildman–Crippen MR) is 64.8 cm³/mol. The van der Waals surface area contributed by atoms with Crippen LogP contribution in [0.25, 0.3) is 0 Å². The molecule has 0 aromatic heterocycles. The Bertz CT molecular complexity index is 128. The molecule has 15 heavy (non-hydrogen) atoms. The zero-order valence-electron chi connectivity index (χ0n) is 11.0. The summed E-state index contributed by atoms with van der Waals surface area (Å²) in [6.45, 7) is 7.85. The van der Waals surface area contributed by atoms with Gasteiger partial charge in [-0.2, -0.15) is 0 Å². The minimum atomic E-state index is 0.881. The van der Waals surface area contributed by atoms with E-state index in [0.29, 0.717) is 0 Å². The molecule has 0 aromatic rings. The Kier molecular flexibility index (Phi) is 12.1. The van der Waals surface area contributed by atoms with Crippen molar-refractivity contribution in [1.82, 2.24) is 5.32 Å². The first kappa shape index (κ1) is 15.9. The summed E-state index contributed by atoms with van der Waals surface area (Å²) >= 11 is 1.05. The molecule has 1 aliphatic carbocycles. The quantitative estimate of drug-likeness (QED) is 0.506. The second-order valence-corrected chi connectivity index (χ2v) is 7.50. The molecule has 2 unspecified atom stereocenters. The third-order valence-corrected chi connectivity index (χ3v) is 4.64. The van der Waals surface area contributed by atoms with Crippen LogP contribution in [0.5, 0.6) is 0 Å². The number of hydrogen-bond acceptors (Lipinski definition) is 1. The van der Waals surface area contributed by atoms with Gasteiger partial charge in [0, 0.05) is 0 Å². The molecule has 1 N–H and O–H groups in total. The number of unbranched alkanes of at least 4 members (excludes halogenated alkanes) is 3. The molecule has 0 saturated heterocycles. The molecule has 1 fully saturated rings. The van der Waals surface area contributed by atoms with Gasteiger partial charge in [0.25, 0.3) is 0 Å². The molecule has 0 aliphatic heterocycles. The van der Waals surface area contributed by atoms with Crippen LogP contribution in [0.1, 0.15) is 59.3 Å². The molecule has 0 amide bonds. The van der Waals surface area contributed by atoms with Crippen molar-refractivity contribution >= 4 is 0 Å². The number of rotatable bonds is 7. The smallest absolute Gasteiger partial charge is 0.0590 e. The average molecular weight is 399 g/mol. The van der Waals surface area contributed by atoms with Crippen LogP contribution in [0, 0.1) is 5.92 Å². The van der Waals surface area contributed by atoms with E-state index >= 15 is 0 Å². The number of nitrogens with one attached hydrogen (secondary N) is 1.